The molecule has 5 rings (SSSR count). The molecule has 1 unspecified atom stereocenters. The van der Waals surface area contributed by atoms with Crippen molar-refractivity contribution in [2.45, 2.75) is 32.7 Å². The van der Waals surface area contributed by atoms with E-state index in [1.807, 2.05) is 32.0 Å². The highest BCUT2D eigenvalue weighted by atomic mass is 19.4. The van der Waals surface area contributed by atoms with Gasteiger partial charge in [0.1, 0.15) is 17.2 Å². The van der Waals surface area contributed by atoms with Crippen molar-refractivity contribution in [3.8, 4) is 22.8 Å². The Bertz CT molecular complexity index is 2020. The second-order valence-electron chi connectivity index (χ2n) is 10.8. The van der Waals surface area contributed by atoms with Crippen molar-refractivity contribution in [1.29, 1.82) is 0 Å². The Kier molecular flexibility index (Phi) is 9.00. The van der Waals surface area contributed by atoms with E-state index in [-0.39, 0.29) is 24.5 Å². The molecule has 0 radical (unpaired) electrons. The van der Waals surface area contributed by atoms with Gasteiger partial charge >= 0.3 is 6.18 Å². The summed E-state index contributed by atoms with van der Waals surface area (Å²) in [7, 11) is 0. The Morgan fingerprint density at radius 1 is 1.04 bits per heavy atom. The number of hydrogen-bond donors (Lipinski definition) is 4. The molecular weight excluding hydrogens is 601 g/mol. The van der Waals surface area contributed by atoms with E-state index in [0.717, 1.165) is 22.8 Å². The molecule has 0 saturated heterocycles. The van der Waals surface area contributed by atoms with Gasteiger partial charge in [-0.05, 0) is 85.1 Å². The first-order valence-corrected chi connectivity index (χ1v) is 14.1. The topological polar surface area (TPSA) is 121 Å². The summed E-state index contributed by atoms with van der Waals surface area (Å²) in [5.41, 5.74) is 0.499. The fourth-order valence-electron chi connectivity index (χ4n) is 5.05. The summed E-state index contributed by atoms with van der Waals surface area (Å²) < 4.78 is 49.1. The molecule has 236 valence electrons. The molecule has 0 aliphatic heterocycles. The fourth-order valence-corrected chi connectivity index (χ4v) is 5.05. The van der Waals surface area contributed by atoms with Crippen LogP contribution in [0.25, 0.3) is 27.0 Å². The van der Waals surface area contributed by atoms with E-state index >= 15 is 0 Å². The molecule has 46 heavy (non-hydrogen) atoms. The van der Waals surface area contributed by atoms with E-state index in [0.29, 0.717) is 28.0 Å². The van der Waals surface area contributed by atoms with Gasteiger partial charge in [0.2, 0.25) is 0 Å². The average Bonchev–Trinajstić information content (AvgIpc) is 3.45. The van der Waals surface area contributed by atoms with Crippen LogP contribution in [0.4, 0.5) is 18.9 Å². The number of aryl methyl sites for hydroxylation is 2. The molecule has 0 saturated carbocycles. The number of ether oxygens (including phenoxy) is 1. The minimum absolute atomic E-state index is 0.00213. The molecule has 9 nitrogen and oxygen atoms in total. The van der Waals surface area contributed by atoms with Crippen molar-refractivity contribution in [2.75, 3.05) is 13.2 Å². The van der Waals surface area contributed by atoms with Crippen LogP contribution in [-0.2, 0) is 12.7 Å². The molecule has 0 aliphatic carbocycles. The number of fused-ring (bicyclic) bond motifs is 1. The first-order valence-electron chi connectivity index (χ1n) is 14.1. The molecule has 3 aromatic carbocycles. The average molecular weight is 631 g/mol. The molecule has 2 aromatic heterocycles. The van der Waals surface area contributed by atoms with Gasteiger partial charge < -0.3 is 29.8 Å². The van der Waals surface area contributed by atoms with E-state index < -0.39 is 41.6 Å². The zero-order valence-corrected chi connectivity index (χ0v) is 24.8. The number of halogens is 3. The van der Waals surface area contributed by atoms with E-state index in [1.54, 1.807) is 48.5 Å². The highest BCUT2D eigenvalue weighted by molar-refractivity contribution is 5.98. The molecule has 12 heteroatoms. The van der Waals surface area contributed by atoms with Crippen LogP contribution in [-0.4, -0.2) is 44.9 Å². The first kappa shape index (κ1) is 32.0. The number of hydrogen-bond acceptors (Lipinski definition) is 5. The van der Waals surface area contributed by atoms with Crippen molar-refractivity contribution in [1.82, 2.24) is 14.9 Å². The predicted octanol–water partition coefficient (Wildman–Crippen LogP) is 6.11. The Labute approximate surface area is 261 Å². The van der Waals surface area contributed by atoms with Crippen LogP contribution in [0.5, 0.6) is 11.5 Å². The number of rotatable bonds is 9. The van der Waals surface area contributed by atoms with Gasteiger partial charge in [0.05, 0.1) is 31.4 Å². The van der Waals surface area contributed by atoms with Crippen molar-refractivity contribution >= 4 is 22.5 Å². The molecule has 5 aromatic rings. The lowest BCUT2D eigenvalue weighted by molar-refractivity contribution is -0.136. The van der Waals surface area contributed by atoms with Gasteiger partial charge in [0.25, 0.3) is 17.2 Å². The van der Waals surface area contributed by atoms with Crippen LogP contribution < -0.4 is 15.6 Å². The summed E-state index contributed by atoms with van der Waals surface area (Å²) in [6.07, 6.45) is -5.98. The molecule has 0 spiro atoms. The SMILES string of the molecule is [C-]#[N+]c1c(C(F)(F)F)cc(-c2ccc(Oc3ccc4[nH]c(C(=O)NCC(O)CO)cc4c3)cc2)n(Cc2ccc(C)cc2C)c1=O. The third-order valence-corrected chi connectivity index (χ3v) is 7.45. The Morgan fingerprint density at radius 2 is 1.76 bits per heavy atom. The number of aromatic amines is 1. The third-order valence-electron chi connectivity index (χ3n) is 7.45. The molecule has 1 atom stereocenters. The van der Waals surface area contributed by atoms with Gasteiger partial charge in [-0.3, -0.25) is 9.59 Å². The van der Waals surface area contributed by atoms with E-state index in [9.17, 15) is 27.9 Å². The zero-order chi connectivity index (χ0) is 33.2. The summed E-state index contributed by atoms with van der Waals surface area (Å²) in [5.74, 6) is 0.331. The first-order chi connectivity index (χ1) is 21.9. The van der Waals surface area contributed by atoms with E-state index in [1.165, 1.54) is 4.57 Å². The van der Waals surface area contributed by atoms with Gasteiger partial charge in [-0.2, -0.15) is 13.2 Å². The van der Waals surface area contributed by atoms with Crippen LogP contribution >= 0.6 is 0 Å². The molecule has 1 amide bonds. The van der Waals surface area contributed by atoms with Crippen LogP contribution in [0, 0.1) is 20.4 Å². The van der Waals surface area contributed by atoms with Crippen LogP contribution in [0.1, 0.15) is 32.7 Å². The highest BCUT2D eigenvalue weighted by Crippen LogP contribution is 2.38. The van der Waals surface area contributed by atoms with Gasteiger partial charge in [-0.15, -0.1) is 0 Å². The van der Waals surface area contributed by atoms with Crippen LogP contribution in [0.3, 0.4) is 0 Å². The zero-order valence-electron chi connectivity index (χ0n) is 24.8. The summed E-state index contributed by atoms with van der Waals surface area (Å²) in [6, 6.07) is 19.3. The summed E-state index contributed by atoms with van der Waals surface area (Å²) in [5, 5.41) is 21.6. The lowest BCUT2D eigenvalue weighted by Crippen LogP contribution is -2.34. The normalized spacial score (nSPS) is 12.1. The molecule has 4 N–H and O–H groups in total. The van der Waals surface area contributed by atoms with Gasteiger partial charge in [-0.25, -0.2) is 4.85 Å². The molecule has 0 aliphatic rings. The number of nitrogens with zero attached hydrogens (tertiary/aromatic N) is 2. The molecule has 2 heterocycles. The smallest absolute Gasteiger partial charge is 0.407 e. The minimum Gasteiger partial charge on any atom is -0.457 e. The number of H-pyrrole nitrogens is 1. The highest BCUT2D eigenvalue weighted by Gasteiger charge is 2.36. The van der Waals surface area contributed by atoms with Crippen molar-refractivity contribution in [3.05, 3.63) is 123 Å². The monoisotopic (exact) mass is 630 g/mol. The number of amides is 1. The summed E-state index contributed by atoms with van der Waals surface area (Å²) in [6.45, 7) is 10.5. The number of benzene rings is 3. The maximum absolute atomic E-state index is 14.0. The third kappa shape index (κ3) is 6.81. The number of aliphatic hydroxyl groups is 2. The molecular formula is C34H29F3N4O5. The number of carbonyl (C=O) groups is 1. The largest absolute Gasteiger partial charge is 0.457 e. The standard InChI is InChI=1S/C34H29F3N4O5/c1-19-4-5-22(20(2)12-19)17-41-30(15-27(34(35,36)37)31(38-3)33(41)45)21-6-8-25(9-7-21)46-26-10-11-28-23(13-26)14-29(40-28)32(44)39-16-24(43)18-42/h4-15,24,40,42-43H,16-18H2,1-2H3,(H,39,44). The van der Waals surface area contributed by atoms with Crippen molar-refractivity contribution in [2.24, 2.45) is 0 Å². The van der Waals surface area contributed by atoms with Crippen LogP contribution in [0.15, 0.2) is 77.6 Å². The minimum atomic E-state index is -4.91. The summed E-state index contributed by atoms with van der Waals surface area (Å²) in [4.78, 5) is 31.7. The van der Waals surface area contributed by atoms with Crippen molar-refractivity contribution in [3.63, 3.8) is 0 Å². The maximum atomic E-state index is 14.0. The molecule has 0 fully saturated rings. The number of aromatic nitrogens is 2. The van der Waals surface area contributed by atoms with Crippen molar-refractivity contribution < 1.29 is 32.9 Å². The predicted molar refractivity (Wildman–Crippen MR) is 166 cm³/mol. The van der Waals surface area contributed by atoms with Gasteiger partial charge in [-0.1, -0.05) is 23.8 Å². The Morgan fingerprint density at radius 3 is 2.41 bits per heavy atom. The summed E-state index contributed by atoms with van der Waals surface area (Å²) >= 11 is 0. The molecule has 0 bridgehead atoms. The Balaban J connectivity index is 1.45. The fraction of sp³-hybridized carbons (Fsp3) is 0.206. The lowest BCUT2D eigenvalue weighted by Gasteiger charge is -2.19. The number of alkyl halides is 3. The number of carbonyl (C=O) groups excluding carboxylic acids is 1. The maximum Gasteiger partial charge on any atom is 0.407 e. The number of nitrogens with one attached hydrogen (secondary N) is 2. The number of pyridine rings is 1. The van der Waals surface area contributed by atoms with Gasteiger partial charge in [0, 0.05) is 23.1 Å². The Hall–Kier alpha value is -5.38. The van der Waals surface area contributed by atoms with E-state index in [2.05, 4.69) is 15.1 Å². The second-order valence-corrected chi connectivity index (χ2v) is 10.8. The second kappa shape index (κ2) is 12.9. The van der Waals surface area contributed by atoms with Gasteiger partial charge in [0.15, 0.2) is 0 Å². The number of aliphatic hydroxyl groups excluding tert-OH is 2. The lowest BCUT2D eigenvalue weighted by atomic mass is 10.0. The van der Waals surface area contributed by atoms with Crippen LogP contribution in [0.2, 0.25) is 0 Å². The van der Waals surface area contributed by atoms with E-state index in [4.69, 9.17) is 16.4 Å². The quantitative estimate of drug-likeness (QED) is 0.147.